The molecule has 72 valence electrons. The van der Waals surface area contributed by atoms with Gasteiger partial charge < -0.3 is 5.73 Å². The first-order chi connectivity index (χ1) is 5.82. The Hall–Kier alpha value is -1.07. The van der Waals surface area contributed by atoms with Crippen LogP contribution in [0, 0.1) is 13.8 Å². The average Bonchev–Trinajstić information content (AvgIpc) is 1.97. The van der Waals surface area contributed by atoms with Gasteiger partial charge in [-0.1, -0.05) is 0 Å². The van der Waals surface area contributed by atoms with Crippen LogP contribution in [0.15, 0.2) is 17.0 Å². The lowest BCUT2D eigenvalue weighted by molar-refractivity contribution is 0.483. The highest BCUT2D eigenvalue weighted by Crippen LogP contribution is 2.20. The normalized spacial score (nSPS) is 11.6. The second-order valence-electron chi connectivity index (χ2n) is 2.93. The average molecular weight is 201 g/mol. The number of hydrogen-bond donors (Lipinski definition) is 2. The SMILES string of the molecule is Cc1cc(S(=O)(=O)O)cc(N)c1C. The van der Waals surface area contributed by atoms with E-state index in [0.29, 0.717) is 5.69 Å². The molecule has 0 unspecified atom stereocenters. The molecule has 0 heterocycles. The van der Waals surface area contributed by atoms with Gasteiger partial charge in [-0.05, 0) is 37.1 Å². The number of anilines is 1. The Labute approximate surface area is 77.1 Å². The van der Waals surface area contributed by atoms with Crippen LogP contribution < -0.4 is 5.73 Å². The van der Waals surface area contributed by atoms with Crippen molar-refractivity contribution < 1.29 is 13.0 Å². The fourth-order valence-corrected chi connectivity index (χ4v) is 1.60. The van der Waals surface area contributed by atoms with E-state index in [1.807, 2.05) is 0 Å². The summed E-state index contributed by atoms with van der Waals surface area (Å²) in [5.41, 5.74) is 7.48. The van der Waals surface area contributed by atoms with E-state index < -0.39 is 10.1 Å². The van der Waals surface area contributed by atoms with E-state index in [1.165, 1.54) is 12.1 Å². The predicted octanol–water partition coefficient (Wildman–Crippen LogP) is 1.13. The highest BCUT2D eigenvalue weighted by atomic mass is 32.2. The molecule has 4 nitrogen and oxygen atoms in total. The monoisotopic (exact) mass is 201 g/mol. The van der Waals surface area contributed by atoms with E-state index in [9.17, 15) is 8.42 Å². The molecule has 0 aliphatic carbocycles. The zero-order valence-electron chi connectivity index (χ0n) is 7.40. The van der Waals surface area contributed by atoms with Crippen molar-refractivity contribution in [3.8, 4) is 0 Å². The minimum absolute atomic E-state index is 0.159. The molecular weight excluding hydrogens is 190 g/mol. The largest absolute Gasteiger partial charge is 0.398 e. The molecule has 0 aromatic heterocycles. The van der Waals surface area contributed by atoms with Crippen molar-refractivity contribution in [2.45, 2.75) is 18.7 Å². The molecule has 0 saturated heterocycles. The third kappa shape index (κ3) is 1.99. The zero-order valence-corrected chi connectivity index (χ0v) is 8.22. The summed E-state index contributed by atoms with van der Waals surface area (Å²) in [7, 11) is -4.14. The summed E-state index contributed by atoms with van der Waals surface area (Å²) >= 11 is 0. The molecule has 1 aromatic carbocycles. The number of hydrogen-bond acceptors (Lipinski definition) is 3. The molecule has 0 saturated carbocycles. The molecule has 0 amide bonds. The van der Waals surface area contributed by atoms with Crippen LogP contribution in [-0.4, -0.2) is 13.0 Å². The Bertz CT molecular complexity index is 414. The molecule has 0 aliphatic heterocycles. The third-order valence-electron chi connectivity index (χ3n) is 1.98. The molecule has 0 spiro atoms. The second kappa shape index (κ2) is 3.01. The van der Waals surface area contributed by atoms with Crippen molar-refractivity contribution in [1.82, 2.24) is 0 Å². The molecule has 0 radical (unpaired) electrons. The van der Waals surface area contributed by atoms with Crippen LogP contribution in [0.4, 0.5) is 5.69 Å². The van der Waals surface area contributed by atoms with Gasteiger partial charge in [0.05, 0.1) is 4.90 Å². The Morgan fingerprint density at radius 3 is 2.23 bits per heavy atom. The van der Waals surface area contributed by atoms with Crippen molar-refractivity contribution in [3.05, 3.63) is 23.3 Å². The Kier molecular flexibility index (Phi) is 2.32. The van der Waals surface area contributed by atoms with Gasteiger partial charge in [0.25, 0.3) is 10.1 Å². The van der Waals surface area contributed by atoms with E-state index in [2.05, 4.69) is 0 Å². The van der Waals surface area contributed by atoms with Crippen LogP contribution >= 0.6 is 0 Å². The number of aryl methyl sites for hydroxylation is 1. The van der Waals surface area contributed by atoms with E-state index in [-0.39, 0.29) is 4.90 Å². The van der Waals surface area contributed by atoms with Crippen LogP contribution in [0.5, 0.6) is 0 Å². The van der Waals surface area contributed by atoms with E-state index >= 15 is 0 Å². The Balaban J connectivity index is 3.47. The second-order valence-corrected chi connectivity index (χ2v) is 4.35. The summed E-state index contributed by atoms with van der Waals surface area (Å²) in [6.45, 7) is 3.53. The molecule has 5 heteroatoms. The van der Waals surface area contributed by atoms with E-state index in [0.717, 1.165) is 11.1 Å². The standard InChI is InChI=1S/C8H11NO3S/c1-5-3-7(13(10,11)12)4-8(9)6(5)2/h3-4H,9H2,1-2H3,(H,10,11,12). The molecule has 0 bridgehead atoms. The molecule has 0 atom stereocenters. The summed E-state index contributed by atoms with van der Waals surface area (Å²) in [4.78, 5) is -0.159. The summed E-state index contributed by atoms with van der Waals surface area (Å²) < 4.78 is 30.2. The maximum absolute atomic E-state index is 10.7. The first-order valence-corrected chi connectivity index (χ1v) is 5.10. The maximum Gasteiger partial charge on any atom is 0.294 e. The summed E-state index contributed by atoms with van der Waals surface area (Å²) in [5, 5.41) is 0. The maximum atomic E-state index is 10.7. The minimum atomic E-state index is -4.14. The van der Waals surface area contributed by atoms with Gasteiger partial charge in [0, 0.05) is 5.69 Å². The highest BCUT2D eigenvalue weighted by Gasteiger charge is 2.11. The molecule has 1 aromatic rings. The van der Waals surface area contributed by atoms with Crippen LogP contribution in [0.25, 0.3) is 0 Å². The fraction of sp³-hybridized carbons (Fsp3) is 0.250. The lowest BCUT2D eigenvalue weighted by Crippen LogP contribution is -2.02. The Morgan fingerprint density at radius 2 is 1.85 bits per heavy atom. The minimum Gasteiger partial charge on any atom is -0.398 e. The van der Waals surface area contributed by atoms with Crippen LogP contribution in [0.1, 0.15) is 11.1 Å². The fourth-order valence-electron chi connectivity index (χ4n) is 1.00. The smallest absolute Gasteiger partial charge is 0.294 e. The van der Waals surface area contributed by atoms with Crippen molar-refractivity contribution in [2.75, 3.05) is 5.73 Å². The van der Waals surface area contributed by atoms with Crippen molar-refractivity contribution >= 4 is 15.8 Å². The van der Waals surface area contributed by atoms with Gasteiger partial charge in [0.2, 0.25) is 0 Å². The number of nitrogens with two attached hydrogens (primary N) is 1. The van der Waals surface area contributed by atoms with Crippen LogP contribution in [0.2, 0.25) is 0 Å². The van der Waals surface area contributed by atoms with Crippen molar-refractivity contribution in [1.29, 1.82) is 0 Å². The zero-order chi connectivity index (χ0) is 10.2. The lowest BCUT2D eigenvalue weighted by atomic mass is 10.1. The summed E-state index contributed by atoms with van der Waals surface area (Å²) in [5.74, 6) is 0. The van der Waals surface area contributed by atoms with Gasteiger partial charge >= 0.3 is 0 Å². The molecule has 0 fully saturated rings. The van der Waals surface area contributed by atoms with Gasteiger partial charge in [-0.3, -0.25) is 4.55 Å². The summed E-state index contributed by atoms with van der Waals surface area (Å²) in [6, 6.07) is 2.64. The number of benzene rings is 1. The lowest BCUT2D eigenvalue weighted by Gasteiger charge is -2.06. The van der Waals surface area contributed by atoms with Crippen LogP contribution in [0.3, 0.4) is 0 Å². The summed E-state index contributed by atoms with van der Waals surface area (Å²) in [6.07, 6.45) is 0. The van der Waals surface area contributed by atoms with Gasteiger partial charge in [-0.25, -0.2) is 0 Å². The molecular formula is C8H11NO3S. The quantitative estimate of drug-likeness (QED) is 0.527. The molecule has 1 rings (SSSR count). The topological polar surface area (TPSA) is 80.4 Å². The Morgan fingerprint density at radius 1 is 1.31 bits per heavy atom. The molecule has 0 aliphatic rings. The van der Waals surface area contributed by atoms with Crippen molar-refractivity contribution in [3.63, 3.8) is 0 Å². The van der Waals surface area contributed by atoms with Gasteiger partial charge in [0.1, 0.15) is 0 Å². The van der Waals surface area contributed by atoms with E-state index in [1.54, 1.807) is 13.8 Å². The van der Waals surface area contributed by atoms with Crippen molar-refractivity contribution in [2.24, 2.45) is 0 Å². The first kappa shape index (κ1) is 10.0. The van der Waals surface area contributed by atoms with Gasteiger partial charge in [-0.2, -0.15) is 8.42 Å². The number of rotatable bonds is 1. The number of nitrogen functional groups attached to an aromatic ring is 1. The van der Waals surface area contributed by atoms with Crippen LogP contribution in [-0.2, 0) is 10.1 Å². The highest BCUT2D eigenvalue weighted by molar-refractivity contribution is 7.85. The van der Waals surface area contributed by atoms with Gasteiger partial charge in [0.15, 0.2) is 0 Å². The molecule has 13 heavy (non-hydrogen) atoms. The van der Waals surface area contributed by atoms with Gasteiger partial charge in [-0.15, -0.1) is 0 Å². The predicted molar refractivity (Wildman–Crippen MR) is 50.1 cm³/mol. The molecule has 3 N–H and O–H groups in total. The third-order valence-corrected chi connectivity index (χ3v) is 2.81. The van der Waals surface area contributed by atoms with E-state index in [4.69, 9.17) is 10.3 Å². The first-order valence-electron chi connectivity index (χ1n) is 3.66.